The summed E-state index contributed by atoms with van der Waals surface area (Å²) >= 11 is 2.06. The van der Waals surface area contributed by atoms with Gasteiger partial charge in [0.2, 0.25) is 0 Å². The molecule has 0 amide bonds. The zero-order valence-corrected chi connectivity index (χ0v) is 11.9. The normalized spacial score (nSPS) is 17.8. The lowest BCUT2D eigenvalue weighted by Crippen LogP contribution is -2.40. The summed E-state index contributed by atoms with van der Waals surface area (Å²) < 4.78 is 0. The van der Waals surface area contributed by atoms with E-state index in [1.165, 1.54) is 37.4 Å². The van der Waals surface area contributed by atoms with Gasteiger partial charge >= 0.3 is 0 Å². The Morgan fingerprint density at radius 3 is 2.61 bits per heavy atom. The standard InChI is InChI=1S/C16H21NS/c1-2-6-16(17-11-13-18-14-12-17)10-9-15-7-4-3-5-8-15/h3-5,7-8,16H,2,6,11-14H2,1H3. The van der Waals surface area contributed by atoms with Gasteiger partial charge in [-0.25, -0.2) is 0 Å². The van der Waals surface area contributed by atoms with E-state index in [-0.39, 0.29) is 0 Å². The van der Waals surface area contributed by atoms with Crippen molar-refractivity contribution in [2.24, 2.45) is 0 Å². The molecular formula is C16H21NS. The Balaban J connectivity index is 2.03. The predicted molar refractivity (Wildman–Crippen MR) is 80.9 cm³/mol. The van der Waals surface area contributed by atoms with Crippen molar-refractivity contribution in [3.05, 3.63) is 35.9 Å². The summed E-state index contributed by atoms with van der Waals surface area (Å²) in [6, 6.07) is 10.8. The molecule has 0 spiro atoms. The first-order chi connectivity index (χ1) is 8.90. The highest BCUT2D eigenvalue weighted by molar-refractivity contribution is 7.99. The van der Waals surface area contributed by atoms with Crippen LogP contribution in [0.15, 0.2) is 30.3 Å². The third kappa shape index (κ3) is 4.08. The second-order valence-electron chi connectivity index (χ2n) is 4.59. The molecule has 0 radical (unpaired) electrons. The van der Waals surface area contributed by atoms with E-state index >= 15 is 0 Å². The minimum Gasteiger partial charge on any atom is -0.288 e. The SMILES string of the molecule is CCCC(C#Cc1ccccc1)N1CCSCC1. The number of rotatable bonds is 3. The lowest BCUT2D eigenvalue weighted by atomic mass is 10.1. The number of thioether (sulfide) groups is 1. The van der Waals surface area contributed by atoms with Crippen molar-refractivity contribution < 1.29 is 0 Å². The van der Waals surface area contributed by atoms with Crippen LogP contribution in [0.3, 0.4) is 0 Å². The fraction of sp³-hybridized carbons (Fsp3) is 0.500. The fourth-order valence-corrected chi connectivity index (χ4v) is 3.13. The first-order valence-corrected chi connectivity index (χ1v) is 7.94. The zero-order valence-electron chi connectivity index (χ0n) is 11.1. The minimum atomic E-state index is 0.441. The summed E-state index contributed by atoms with van der Waals surface area (Å²) in [5, 5.41) is 0. The topological polar surface area (TPSA) is 3.24 Å². The van der Waals surface area contributed by atoms with Crippen LogP contribution in [0.1, 0.15) is 25.3 Å². The molecule has 1 unspecified atom stereocenters. The second-order valence-corrected chi connectivity index (χ2v) is 5.81. The molecule has 1 aromatic rings. The monoisotopic (exact) mass is 259 g/mol. The van der Waals surface area contributed by atoms with Gasteiger partial charge in [-0.3, -0.25) is 4.90 Å². The third-order valence-electron chi connectivity index (χ3n) is 3.21. The van der Waals surface area contributed by atoms with Crippen molar-refractivity contribution in [1.82, 2.24) is 4.90 Å². The molecule has 2 rings (SSSR count). The highest BCUT2D eigenvalue weighted by atomic mass is 32.2. The predicted octanol–water partition coefficient (Wildman–Crippen LogP) is 3.26. The summed E-state index contributed by atoms with van der Waals surface area (Å²) in [7, 11) is 0. The van der Waals surface area contributed by atoms with E-state index in [2.05, 4.69) is 59.7 Å². The highest BCUT2D eigenvalue weighted by Gasteiger charge is 2.17. The van der Waals surface area contributed by atoms with E-state index in [0.29, 0.717) is 6.04 Å². The molecule has 0 N–H and O–H groups in total. The van der Waals surface area contributed by atoms with Crippen LogP contribution in [0.25, 0.3) is 0 Å². The molecule has 0 aromatic heterocycles. The quantitative estimate of drug-likeness (QED) is 0.767. The molecule has 1 aromatic carbocycles. The van der Waals surface area contributed by atoms with Gasteiger partial charge in [0.05, 0.1) is 6.04 Å². The van der Waals surface area contributed by atoms with Crippen LogP contribution in [0.4, 0.5) is 0 Å². The average Bonchev–Trinajstić information content (AvgIpc) is 2.45. The van der Waals surface area contributed by atoms with Gasteiger partial charge in [-0.05, 0) is 18.6 Å². The van der Waals surface area contributed by atoms with E-state index < -0.39 is 0 Å². The van der Waals surface area contributed by atoms with Crippen molar-refractivity contribution in [2.75, 3.05) is 24.6 Å². The maximum Gasteiger partial charge on any atom is 0.0718 e. The van der Waals surface area contributed by atoms with Crippen molar-refractivity contribution >= 4 is 11.8 Å². The zero-order chi connectivity index (χ0) is 12.6. The van der Waals surface area contributed by atoms with E-state index in [1.54, 1.807) is 0 Å². The van der Waals surface area contributed by atoms with Crippen LogP contribution in [0.2, 0.25) is 0 Å². The van der Waals surface area contributed by atoms with Gasteiger partial charge in [-0.1, -0.05) is 43.4 Å². The van der Waals surface area contributed by atoms with Crippen molar-refractivity contribution in [1.29, 1.82) is 0 Å². The van der Waals surface area contributed by atoms with Crippen LogP contribution >= 0.6 is 11.8 Å². The Morgan fingerprint density at radius 2 is 1.94 bits per heavy atom. The van der Waals surface area contributed by atoms with Gasteiger partial charge in [0.25, 0.3) is 0 Å². The molecule has 1 heterocycles. The summed E-state index contributed by atoms with van der Waals surface area (Å²) in [5.41, 5.74) is 1.13. The Hall–Kier alpha value is -0.910. The summed E-state index contributed by atoms with van der Waals surface area (Å²) in [6.07, 6.45) is 2.39. The van der Waals surface area contributed by atoms with E-state index in [9.17, 15) is 0 Å². The van der Waals surface area contributed by atoms with E-state index in [4.69, 9.17) is 0 Å². The van der Waals surface area contributed by atoms with Gasteiger partial charge < -0.3 is 0 Å². The average molecular weight is 259 g/mol. The fourth-order valence-electron chi connectivity index (χ4n) is 2.20. The first-order valence-electron chi connectivity index (χ1n) is 6.78. The summed E-state index contributed by atoms with van der Waals surface area (Å²) in [6.45, 7) is 4.63. The lowest BCUT2D eigenvalue weighted by Gasteiger charge is -2.31. The number of nitrogens with zero attached hydrogens (tertiary/aromatic N) is 1. The number of benzene rings is 1. The minimum absolute atomic E-state index is 0.441. The molecule has 18 heavy (non-hydrogen) atoms. The molecule has 96 valence electrons. The van der Waals surface area contributed by atoms with E-state index in [1.807, 2.05) is 6.07 Å². The lowest BCUT2D eigenvalue weighted by molar-refractivity contribution is 0.249. The maximum atomic E-state index is 3.47. The van der Waals surface area contributed by atoms with Gasteiger partial charge in [-0.2, -0.15) is 11.8 Å². The van der Waals surface area contributed by atoms with E-state index in [0.717, 1.165) is 5.56 Å². The van der Waals surface area contributed by atoms with Crippen molar-refractivity contribution in [3.63, 3.8) is 0 Å². The Labute approximate surface area is 115 Å². The highest BCUT2D eigenvalue weighted by Crippen LogP contribution is 2.15. The van der Waals surface area contributed by atoms with Crippen LogP contribution in [0, 0.1) is 11.8 Å². The molecule has 1 aliphatic heterocycles. The Bertz CT molecular complexity index is 398. The Morgan fingerprint density at radius 1 is 1.22 bits per heavy atom. The number of hydrogen-bond donors (Lipinski definition) is 0. The molecule has 1 saturated heterocycles. The van der Waals surface area contributed by atoms with Crippen LogP contribution in [-0.4, -0.2) is 35.5 Å². The van der Waals surface area contributed by atoms with Gasteiger partial charge in [-0.15, -0.1) is 0 Å². The van der Waals surface area contributed by atoms with Crippen molar-refractivity contribution in [3.8, 4) is 11.8 Å². The Kier molecular flexibility index (Phi) is 5.64. The molecule has 1 aliphatic rings. The van der Waals surface area contributed by atoms with Crippen LogP contribution in [-0.2, 0) is 0 Å². The third-order valence-corrected chi connectivity index (χ3v) is 4.15. The molecule has 1 fully saturated rings. The van der Waals surface area contributed by atoms with Crippen molar-refractivity contribution in [2.45, 2.75) is 25.8 Å². The summed E-state index contributed by atoms with van der Waals surface area (Å²) in [5.74, 6) is 9.32. The smallest absolute Gasteiger partial charge is 0.0718 e. The van der Waals surface area contributed by atoms with Gasteiger partial charge in [0.1, 0.15) is 0 Å². The number of hydrogen-bond acceptors (Lipinski definition) is 2. The molecular weight excluding hydrogens is 238 g/mol. The summed E-state index contributed by atoms with van der Waals surface area (Å²) in [4.78, 5) is 2.55. The largest absolute Gasteiger partial charge is 0.288 e. The molecule has 2 heteroatoms. The molecule has 1 atom stereocenters. The van der Waals surface area contributed by atoms with Crippen LogP contribution < -0.4 is 0 Å². The second kappa shape index (κ2) is 7.51. The van der Waals surface area contributed by atoms with Crippen LogP contribution in [0.5, 0.6) is 0 Å². The molecule has 0 bridgehead atoms. The molecule has 0 saturated carbocycles. The van der Waals surface area contributed by atoms with Gasteiger partial charge in [0.15, 0.2) is 0 Å². The van der Waals surface area contributed by atoms with Gasteiger partial charge in [0, 0.05) is 30.2 Å². The first kappa shape index (κ1) is 13.5. The molecule has 0 aliphatic carbocycles. The maximum absolute atomic E-state index is 3.47. The molecule has 1 nitrogen and oxygen atoms in total.